The Morgan fingerprint density at radius 3 is 2.81 bits per heavy atom. The Bertz CT molecular complexity index is 1340. The number of fused-ring (bicyclic) bond motifs is 1. The minimum atomic E-state index is -0.283. The van der Waals surface area contributed by atoms with Crippen LogP contribution >= 0.6 is 0 Å². The van der Waals surface area contributed by atoms with Crippen LogP contribution in [0.15, 0.2) is 54.9 Å². The summed E-state index contributed by atoms with van der Waals surface area (Å²) >= 11 is 0. The van der Waals surface area contributed by atoms with Crippen LogP contribution in [-0.4, -0.2) is 44.1 Å². The van der Waals surface area contributed by atoms with Crippen LogP contribution < -0.4 is 5.32 Å². The number of nitrogens with one attached hydrogen (secondary N) is 2. The normalized spacial score (nSPS) is 13.6. The van der Waals surface area contributed by atoms with Crippen molar-refractivity contribution in [1.82, 2.24) is 25.1 Å². The highest BCUT2D eigenvalue weighted by molar-refractivity contribution is 5.94. The summed E-state index contributed by atoms with van der Waals surface area (Å²) in [5.41, 5.74) is 2.46. The molecule has 158 valence electrons. The third kappa shape index (κ3) is 3.74. The van der Waals surface area contributed by atoms with Crippen LogP contribution in [0, 0.1) is 23.1 Å². The molecule has 0 radical (unpaired) electrons. The van der Waals surface area contributed by atoms with E-state index in [1.807, 2.05) is 0 Å². The monoisotopic (exact) mass is 427 g/mol. The lowest BCUT2D eigenvalue weighted by Gasteiger charge is -2.35. The summed E-state index contributed by atoms with van der Waals surface area (Å²) in [5, 5.41) is 19.8. The summed E-state index contributed by atoms with van der Waals surface area (Å²) < 4.78 is 14.2. The first kappa shape index (κ1) is 19.6. The highest BCUT2D eigenvalue weighted by Crippen LogP contribution is 2.24. The van der Waals surface area contributed by atoms with Crippen LogP contribution in [0.3, 0.4) is 0 Å². The van der Waals surface area contributed by atoms with Gasteiger partial charge in [-0.25, -0.2) is 14.4 Å². The molecule has 1 aliphatic rings. The number of hydrogen-bond acceptors (Lipinski definition) is 6. The van der Waals surface area contributed by atoms with Gasteiger partial charge in [0.25, 0.3) is 5.91 Å². The van der Waals surface area contributed by atoms with E-state index in [0.717, 1.165) is 10.9 Å². The maximum absolute atomic E-state index is 14.2. The highest BCUT2D eigenvalue weighted by atomic mass is 19.1. The SMILES string of the molecule is N#CC1CN(C(=O)c2ccc(Nc3cc4[nH]ncc4c(Cc4ccccc4F)n3)nc2)C1. The minimum Gasteiger partial charge on any atom is -0.336 e. The van der Waals surface area contributed by atoms with Crippen LogP contribution in [0.2, 0.25) is 0 Å². The van der Waals surface area contributed by atoms with Crippen molar-refractivity contribution in [2.75, 3.05) is 18.4 Å². The number of H-pyrrole nitrogens is 1. The van der Waals surface area contributed by atoms with Crippen molar-refractivity contribution in [1.29, 1.82) is 5.26 Å². The van der Waals surface area contributed by atoms with Crippen molar-refractivity contribution in [3.8, 4) is 6.07 Å². The van der Waals surface area contributed by atoms with Gasteiger partial charge < -0.3 is 10.2 Å². The van der Waals surface area contributed by atoms with Crippen LogP contribution in [-0.2, 0) is 6.42 Å². The molecule has 0 saturated carbocycles. The predicted octanol–water partition coefficient (Wildman–Crippen LogP) is 3.42. The predicted molar refractivity (Wildman–Crippen MR) is 116 cm³/mol. The Kier molecular flexibility index (Phi) is 4.95. The maximum atomic E-state index is 14.2. The number of hydrogen-bond donors (Lipinski definition) is 2. The molecule has 1 saturated heterocycles. The third-order valence-electron chi connectivity index (χ3n) is 5.45. The molecule has 4 heterocycles. The molecule has 4 aromatic rings. The van der Waals surface area contributed by atoms with Gasteiger partial charge in [0.2, 0.25) is 0 Å². The molecule has 1 fully saturated rings. The molecule has 8 nitrogen and oxygen atoms in total. The summed E-state index contributed by atoms with van der Waals surface area (Å²) in [6.45, 7) is 0.905. The molecule has 2 N–H and O–H groups in total. The topological polar surface area (TPSA) is 111 Å². The number of rotatable bonds is 5. The van der Waals surface area contributed by atoms with Crippen molar-refractivity contribution in [2.24, 2.45) is 5.92 Å². The second-order valence-electron chi connectivity index (χ2n) is 7.65. The summed E-state index contributed by atoms with van der Waals surface area (Å²) in [5.74, 6) is 0.534. The number of carbonyl (C=O) groups excluding carboxylic acids is 1. The van der Waals surface area contributed by atoms with Gasteiger partial charge in [-0.15, -0.1) is 0 Å². The molecular weight excluding hydrogens is 409 g/mol. The average Bonchev–Trinajstić information content (AvgIpc) is 3.24. The van der Waals surface area contributed by atoms with Crippen molar-refractivity contribution in [2.45, 2.75) is 6.42 Å². The standard InChI is InChI=1S/C23H18FN7O/c24-18-4-2-1-3-15(18)7-19-17-11-27-30-20(17)8-22(28-19)29-21-6-5-16(10-26-21)23(32)31-12-14(9-25)13-31/h1-6,8,10-11,14H,7,12-13H2,(H,27,30)(H,26,28,29). The van der Waals surface area contributed by atoms with Crippen molar-refractivity contribution >= 4 is 28.4 Å². The molecule has 0 aliphatic carbocycles. The van der Waals surface area contributed by atoms with E-state index in [9.17, 15) is 9.18 Å². The number of pyridine rings is 2. The summed E-state index contributed by atoms with van der Waals surface area (Å²) in [7, 11) is 0. The average molecular weight is 427 g/mol. The number of benzene rings is 1. The fourth-order valence-electron chi connectivity index (χ4n) is 3.67. The fraction of sp³-hybridized carbons (Fsp3) is 0.174. The lowest BCUT2D eigenvalue weighted by Crippen LogP contribution is -2.49. The molecule has 32 heavy (non-hydrogen) atoms. The lowest BCUT2D eigenvalue weighted by atomic mass is 10.0. The molecule has 5 rings (SSSR count). The highest BCUT2D eigenvalue weighted by Gasteiger charge is 2.31. The first-order valence-electron chi connectivity index (χ1n) is 10.1. The van der Waals surface area contributed by atoms with Gasteiger partial charge >= 0.3 is 0 Å². The van der Waals surface area contributed by atoms with Crippen LogP contribution in [0.1, 0.15) is 21.6 Å². The first-order valence-corrected chi connectivity index (χ1v) is 10.1. The van der Waals surface area contributed by atoms with E-state index in [0.29, 0.717) is 48.0 Å². The second-order valence-corrected chi connectivity index (χ2v) is 7.65. The van der Waals surface area contributed by atoms with Crippen LogP contribution in [0.5, 0.6) is 0 Å². The van der Waals surface area contributed by atoms with E-state index in [1.165, 1.54) is 12.3 Å². The molecule has 0 bridgehead atoms. The van der Waals surface area contributed by atoms with Gasteiger partial charge in [0, 0.05) is 37.2 Å². The zero-order chi connectivity index (χ0) is 22.1. The molecule has 0 spiro atoms. The van der Waals surface area contributed by atoms with Gasteiger partial charge in [-0.05, 0) is 23.8 Å². The van der Waals surface area contributed by atoms with Gasteiger partial charge in [-0.1, -0.05) is 18.2 Å². The molecule has 9 heteroatoms. The smallest absolute Gasteiger partial charge is 0.255 e. The summed E-state index contributed by atoms with van der Waals surface area (Å²) in [6.07, 6.45) is 3.49. The van der Waals surface area contributed by atoms with Gasteiger partial charge in [0.15, 0.2) is 0 Å². The number of halogens is 1. The van der Waals surface area contributed by atoms with Gasteiger partial charge in [0.05, 0.1) is 35.0 Å². The Morgan fingerprint density at radius 2 is 2.06 bits per heavy atom. The molecular formula is C23H18FN7O. The Morgan fingerprint density at radius 1 is 1.22 bits per heavy atom. The Hall–Kier alpha value is -4.32. The Balaban J connectivity index is 1.36. The van der Waals surface area contributed by atoms with E-state index in [2.05, 4.69) is 31.6 Å². The zero-order valence-corrected chi connectivity index (χ0v) is 16.9. The van der Waals surface area contributed by atoms with E-state index >= 15 is 0 Å². The molecule has 1 amide bonds. The van der Waals surface area contributed by atoms with E-state index in [4.69, 9.17) is 5.26 Å². The number of aromatic amines is 1. The van der Waals surface area contributed by atoms with Crippen molar-refractivity contribution < 1.29 is 9.18 Å². The number of aromatic nitrogens is 4. The number of nitriles is 1. The number of amides is 1. The number of nitrogens with zero attached hydrogens (tertiary/aromatic N) is 5. The maximum Gasteiger partial charge on any atom is 0.255 e. The molecule has 0 unspecified atom stereocenters. The van der Waals surface area contributed by atoms with Gasteiger partial charge in [0.1, 0.15) is 17.5 Å². The molecule has 0 atom stereocenters. The summed E-state index contributed by atoms with van der Waals surface area (Å²) in [4.78, 5) is 23.0. The Labute approximate surface area is 182 Å². The van der Waals surface area contributed by atoms with Crippen LogP contribution in [0.4, 0.5) is 16.0 Å². The molecule has 3 aromatic heterocycles. The lowest BCUT2D eigenvalue weighted by molar-refractivity contribution is 0.0577. The first-order chi connectivity index (χ1) is 15.6. The van der Waals surface area contributed by atoms with E-state index < -0.39 is 0 Å². The van der Waals surface area contributed by atoms with Crippen molar-refractivity contribution in [3.63, 3.8) is 0 Å². The van der Waals surface area contributed by atoms with Crippen molar-refractivity contribution in [3.05, 3.63) is 77.5 Å². The minimum absolute atomic E-state index is 0.0881. The summed E-state index contributed by atoms with van der Waals surface area (Å²) in [6, 6.07) is 13.9. The molecule has 1 aromatic carbocycles. The largest absolute Gasteiger partial charge is 0.336 e. The van der Waals surface area contributed by atoms with E-state index in [1.54, 1.807) is 47.5 Å². The number of anilines is 2. The van der Waals surface area contributed by atoms with Gasteiger partial charge in [-0.2, -0.15) is 10.4 Å². The van der Waals surface area contributed by atoms with E-state index in [-0.39, 0.29) is 17.6 Å². The third-order valence-corrected chi connectivity index (χ3v) is 5.45. The van der Waals surface area contributed by atoms with Crippen LogP contribution in [0.25, 0.3) is 10.9 Å². The molecule has 1 aliphatic heterocycles. The second kappa shape index (κ2) is 8.07. The zero-order valence-electron chi connectivity index (χ0n) is 16.9. The number of carbonyl (C=O) groups is 1. The fourth-order valence-corrected chi connectivity index (χ4v) is 3.67. The quantitative estimate of drug-likeness (QED) is 0.505. The number of likely N-dealkylation sites (tertiary alicyclic amines) is 1. The van der Waals surface area contributed by atoms with Gasteiger partial charge in [-0.3, -0.25) is 9.89 Å².